The molecule has 0 aromatic heterocycles. The molecule has 0 radical (unpaired) electrons. The Hall–Kier alpha value is -0.600. The van der Waals surface area contributed by atoms with Gasteiger partial charge in [-0.2, -0.15) is 0 Å². The van der Waals surface area contributed by atoms with E-state index in [9.17, 15) is 9.18 Å². The average Bonchev–Trinajstić information content (AvgIpc) is 2.43. The maximum Gasteiger partial charge on any atom is 0.312 e. The molecule has 2 atom stereocenters. The van der Waals surface area contributed by atoms with Crippen molar-refractivity contribution in [2.75, 3.05) is 0 Å². The van der Waals surface area contributed by atoms with Crippen LogP contribution in [-0.2, 0) is 4.79 Å². The Labute approximate surface area is 52.7 Å². The van der Waals surface area contributed by atoms with Crippen LogP contribution in [-0.4, -0.2) is 17.2 Å². The molecule has 1 aliphatic carbocycles. The molecule has 3 heteroatoms. The molecule has 1 rings (SSSR count). The van der Waals surface area contributed by atoms with Crippen molar-refractivity contribution in [3.05, 3.63) is 0 Å². The first-order chi connectivity index (χ1) is 4.13. The number of carboxylic acids is 1. The van der Waals surface area contributed by atoms with Gasteiger partial charge in [-0.25, -0.2) is 4.39 Å². The predicted molar refractivity (Wildman–Crippen MR) is 29.9 cm³/mol. The second kappa shape index (κ2) is 1.69. The molecule has 0 aliphatic heterocycles. The van der Waals surface area contributed by atoms with Gasteiger partial charge in [-0.1, -0.05) is 6.92 Å². The fourth-order valence-electron chi connectivity index (χ4n) is 0.999. The summed E-state index contributed by atoms with van der Waals surface area (Å²) in [5, 5.41) is 8.43. The molecule has 0 aromatic rings. The highest BCUT2D eigenvalue weighted by molar-refractivity contribution is 5.79. The first-order valence-corrected chi connectivity index (χ1v) is 3.01. The van der Waals surface area contributed by atoms with Gasteiger partial charge in [-0.3, -0.25) is 4.79 Å². The molecule has 0 bridgehead atoms. The van der Waals surface area contributed by atoms with Crippen LogP contribution >= 0.6 is 0 Å². The smallest absolute Gasteiger partial charge is 0.312 e. The minimum Gasteiger partial charge on any atom is -0.481 e. The van der Waals surface area contributed by atoms with Crippen molar-refractivity contribution in [3.63, 3.8) is 0 Å². The van der Waals surface area contributed by atoms with E-state index < -0.39 is 17.6 Å². The van der Waals surface area contributed by atoms with Gasteiger partial charge in [0.25, 0.3) is 0 Å². The monoisotopic (exact) mass is 132 g/mol. The van der Waals surface area contributed by atoms with Gasteiger partial charge < -0.3 is 5.11 Å². The average molecular weight is 132 g/mol. The number of aliphatic carboxylic acids is 1. The molecule has 0 aromatic carbocycles. The number of hydrogen-bond donors (Lipinski definition) is 1. The number of carboxylic acid groups (broad SMARTS) is 1. The molecule has 2 unspecified atom stereocenters. The summed E-state index contributed by atoms with van der Waals surface area (Å²) < 4.78 is 12.3. The quantitative estimate of drug-likeness (QED) is 0.613. The molecule has 1 saturated carbocycles. The van der Waals surface area contributed by atoms with E-state index in [0.717, 1.165) is 0 Å². The van der Waals surface area contributed by atoms with Crippen LogP contribution in [0.25, 0.3) is 0 Å². The Morgan fingerprint density at radius 2 is 2.44 bits per heavy atom. The van der Waals surface area contributed by atoms with Crippen molar-refractivity contribution in [1.29, 1.82) is 0 Å². The minimum atomic E-state index is -1.10. The van der Waals surface area contributed by atoms with Crippen molar-refractivity contribution in [3.8, 4) is 0 Å². The van der Waals surface area contributed by atoms with Crippen LogP contribution < -0.4 is 0 Å². The lowest BCUT2D eigenvalue weighted by atomic mass is 10.0. The van der Waals surface area contributed by atoms with Crippen LogP contribution in [0.4, 0.5) is 4.39 Å². The predicted octanol–water partition coefficient (Wildman–Crippen LogP) is 1.21. The number of rotatable bonds is 2. The Balaban J connectivity index is 2.62. The highest BCUT2D eigenvalue weighted by Gasteiger charge is 2.60. The summed E-state index contributed by atoms with van der Waals surface area (Å²) in [6.45, 7) is 1.70. The molecule has 2 nitrogen and oxygen atoms in total. The molecule has 0 heterocycles. The van der Waals surface area contributed by atoms with Crippen molar-refractivity contribution in [2.24, 2.45) is 5.41 Å². The van der Waals surface area contributed by atoms with Gasteiger partial charge >= 0.3 is 5.97 Å². The largest absolute Gasteiger partial charge is 0.481 e. The molecular formula is C6H9FO2. The minimum absolute atomic E-state index is 0.207. The van der Waals surface area contributed by atoms with Crippen LogP contribution in [0.15, 0.2) is 0 Å². The summed E-state index contributed by atoms with van der Waals surface area (Å²) in [5.74, 6) is -0.988. The van der Waals surface area contributed by atoms with Gasteiger partial charge in [-0.05, 0) is 12.8 Å². The lowest BCUT2D eigenvalue weighted by molar-refractivity contribution is -0.144. The number of carbonyl (C=O) groups is 1. The normalized spacial score (nSPS) is 40.4. The lowest BCUT2D eigenvalue weighted by Crippen LogP contribution is -2.16. The summed E-state index contributed by atoms with van der Waals surface area (Å²) >= 11 is 0. The van der Waals surface area contributed by atoms with E-state index in [1.165, 1.54) is 0 Å². The third-order valence-electron chi connectivity index (χ3n) is 2.04. The topological polar surface area (TPSA) is 37.3 Å². The van der Waals surface area contributed by atoms with Crippen molar-refractivity contribution in [1.82, 2.24) is 0 Å². The van der Waals surface area contributed by atoms with Gasteiger partial charge in [0.1, 0.15) is 11.6 Å². The zero-order valence-corrected chi connectivity index (χ0v) is 5.22. The Kier molecular flexibility index (Phi) is 1.22. The summed E-state index contributed by atoms with van der Waals surface area (Å²) in [6.07, 6.45) is -0.484. The van der Waals surface area contributed by atoms with Crippen LogP contribution in [0.2, 0.25) is 0 Å². The fraction of sp³-hybridized carbons (Fsp3) is 0.833. The van der Waals surface area contributed by atoms with Gasteiger partial charge in [0.15, 0.2) is 0 Å². The fourth-order valence-corrected chi connectivity index (χ4v) is 0.999. The second-order valence-electron chi connectivity index (χ2n) is 2.49. The molecular weight excluding hydrogens is 123 g/mol. The highest BCUT2D eigenvalue weighted by atomic mass is 19.1. The third kappa shape index (κ3) is 0.713. The number of hydrogen-bond acceptors (Lipinski definition) is 1. The summed E-state index contributed by atoms with van der Waals surface area (Å²) in [7, 11) is 0. The summed E-state index contributed by atoms with van der Waals surface area (Å²) in [5.41, 5.74) is -1.00. The maximum atomic E-state index is 12.3. The van der Waals surface area contributed by atoms with E-state index in [1.54, 1.807) is 6.92 Å². The first-order valence-electron chi connectivity index (χ1n) is 3.01. The summed E-state index contributed by atoms with van der Waals surface area (Å²) in [4.78, 5) is 10.3. The molecule has 1 aliphatic rings. The van der Waals surface area contributed by atoms with Crippen molar-refractivity contribution >= 4 is 5.97 Å². The summed E-state index contributed by atoms with van der Waals surface area (Å²) in [6, 6.07) is 0. The SMILES string of the molecule is CCC1(C(=O)O)CC1F. The van der Waals surface area contributed by atoms with E-state index in [2.05, 4.69) is 0 Å². The highest BCUT2D eigenvalue weighted by Crippen LogP contribution is 2.51. The zero-order chi connectivity index (χ0) is 7.07. The molecule has 1 fully saturated rings. The standard InChI is InChI=1S/C6H9FO2/c1-2-6(5(8)9)3-4(6)7/h4H,2-3H2,1H3,(H,8,9). The number of halogens is 1. The van der Waals surface area contributed by atoms with Gasteiger partial charge in [0.05, 0.1) is 0 Å². The first kappa shape index (κ1) is 6.52. The van der Waals surface area contributed by atoms with E-state index in [1.807, 2.05) is 0 Å². The number of alkyl halides is 1. The maximum absolute atomic E-state index is 12.3. The second-order valence-corrected chi connectivity index (χ2v) is 2.49. The zero-order valence-electron chi connectivity index (χ0n) is 5.22. The lowest BCUT2D eigenvalue weighted by Gasteiger charge is -2.02. The molecule has 9 heavy (non-hydrogen) atoms. The van der Waals surface area contributed by atoms with Crippen LogP contribution in [0, 0.1) is 5.41 Å². The van der Waals surface area contributed by atoms with E-state index in [4.69, 9.17) is 5.11 Å². The van der Waals surface area contributed by atoms with Crippen molar-refractivity contribution < 1.29 is 14.3 Å². The van der Waals surface area contributed by atoms with E-state index in [0.29, 0.717) is 6.42 Å². The van der Waals surface area contributed by atoms with Crippen molar-refractivity contribution in [2.45, 2.75) is 25.9 Å². The van der Waals surface area contributed by atoms with Gasteiger partial charge in [-0.15, -0.1) is 0 Å². The molecule has 52 valence electrons. The molecule has 0 spiro atoms. The van der Waals surface area contributed by atoms with E-state index >= 15 is 0 Å². The molecule has 0 amide bonds. The molecule has 1 N–H and O–H groups in total. The van der Waals surface area contributed by atoms with Gasteiger partial charge in [0, 0.05) is 0 Å². The van der Waals surface area contributed by atoms with Crippen LogP contribution in [0.3, 0.4) is 0 Å². The Morgan fingerprint density at radius 3 is 2.44 bits per heavy atom. The Bertz CT molecular complexity index is 142. The van der Waals surface area contributed by atoms with E-state index in [-0.39, 0.29) is 6.42 Å². The van der Waals surface area contributed by atoms with Gasteiger partial charge in [0.2, 0.25) is 0 Å². The van der Waals surface area contributed by atoms with Crippen LogP contribution in [0.5, 0.6) is 0 Å². The Morgan fingerprint density at radius 1 is 2.00 bits per heavy atom. The van der Waals surface area contributed by atoms with Crippen LogP contribution in [0.1, 0.15) is 19.8 Å². The third-order valence-corrected chi connectivity index (χ3v) is 2.04. The molecule has 0 saturated heterocycles.